The van der Waals surface area contributed by atoms with E-state index in [9.17, 15) is 19.2 Å². The number of benzene rings is 2. The quantitative estimate of drug-likeness (QED) is 0.490. The van der Waals surface area contributed by atoms with Crippen LogP contribution in [0.2, 0.25) is 0 Å². The maximum absolute atomic E-state index is 13.3. The predicted molar refractivity (Wildman–Crippen MR) is 127 cm³/mol. The van der Waals surface area contributed by atoms with Crippen LogP contribution in [-0.2, 0) is 19.1 Å². The number of carboxylic acid groups (broad SMARTS) is 1. The summed E-state index contributed by atoms with van der Waals surface area (Å²) in [6.07, 6.45) is 4.18. The van der Waals surface area contributed by atoms with E-state index in [1.54, 1.807) is 19.2 Å². The molecule has 1 saturated heterocycles. The molecule has 2 aromatic carbocycles. The molecule has 2 heterocycles. The average molecular weight is 479 g/mol. The lowest BCUT2D eigenvalue weighted by atomic mass is 10.1. The normalized spacial score (nSPS) is 19.1. The van der Waals surface area contributed by atoms with E-state index in [1.807, 2.05) is 42.5 Å². The number of carbonyl (C=O) groups is 4. The van der Waals surface area contributed by atoms with Gasteiger partial charge in [-0.2, -0.15) is 0 Å². The van der Waals surface area contributed by atoms with Crippen molar-refractivity contribution in [3.63, 3.8) is 0 Å². The molecule has 3 N–H and O–H groups in total. The zero-order valence-electron chi connectivity index (χ0n) is 19.0. The van der Waals surface area contributed by atoms with E-state index in [2.05, 4.69) is 10.6 Å². The van der Waals surface area contributed by atoms with Gasteiger partial charge in [-0.15, -0.1) is 0 Å². The summed E-state index contributed by atoms with van der Waals surface area (Å²) in [4.78, 5) is 50.4. The Balaban J connectivity index is 1.48. The molecule has 1 fully saturated rings. The third kappa shape index (κ3) is 5.49. The molecule has 2 aromatic rings. The molecule has 0 unspecified atom stereocenters. The van der Waals surface area contributed by atoms with Crippen LogP contribution in [0.15, 0.2) is 42.5 Å². The SMILES string of the molecule is COc1ccc(/C=C/c2ccc3c(c2)C(=O)N2CC[C@H](NC(=O)COCC(=O)O)[C@H]2C(=O)N3)cc1. The predicted octanol–water partition coefficient (Wildman–Crippen LogP) is 1.62. The summed E-state index contributed by atoms with van der Waals surface area (Å²) in [5.41, 5.74) is 2.53. The van der Waals surface area contributed by atoms with Crippen LogP contribution in [0.5, 0.6) is 5.75 Å². The molecule has 4 rings (SSSR count). The maximum Gasteiger partial charge on any atom is 0.329 e. The molecule has 0 spiro atoms. The lowest BCUT2D eigenvalue weighted by molar-refractivity contribution is -0.143. The highest BCUT2D eigenvalue weighted by Crippen LogP contribution is 2.30. The number of ether oxygens (including phenoxy) is 2. The Morgan fingerprint density at radius 2 is 1.83 bits per heavy atom. The van der Waals surface area contributed by atoms with E-state index in [4.69, 9.17) is 14.6 Å². The van der Waals surface area contributed by atoms with Gasteiger partial charge in [-0.25, -0.2) is 4.79 Å². The molecule has 2 aliphatic rings. The molecule has 35 heavy (non-hydrogen) atoms. The van der Waals surface area contributed by atoms with E-state index in [1.165, 1.54) is 4.90 Å². The topological polar surface area (TPSA) is 134 Å². The van der Waals surface area contributed by atoms with Crippen LogP contribution in [0, 0.1) is 0 Å². The summed E-state index contributed by atoms with van der Waals surface area (Å²) >= 11 is 0. The summed E-state index contributed by atoms with van der Waals surface area (Å²) in [6.45, 7) is -0.754. The largest absolute Gasteiger partial charge is 0.497 e. The second-order valence-corrected chi connectivity index (χ2v) is 8.19. The highest BCUT2D eigenvalue weighted by Gasteiger charge is 2.45. The molecule has 2 atom stereocenters. The van der Waals surface area contributed by atoms with Crippen molar-refractivity contribution in [2.45, 2.75) is 18.5 Å². The first-order chi connectivity index (χ1) is 16.9. The van der Waals surface area contributed by atoms with Crippen molar-refractivity contribution in [1.29, 1.82) is 0 Å². The average Bonchev–Trinajstić information content (AvgIpc) is 3.22. The molecule has 0 bridgehead atoms. The summed E-state index contributed by atoms with van der Waals surface area (Å²) in [5, 5.41) is 14.1. The van der Waals surface area contributed by atoms with Crippen molar-refractivity contribution in [2.75, 3.05) is 32.2 Å². The second-order valence-electron chi connectivity index (χ2n) is 8.19. The fourth-order valence-electron chi connectivity index (χ4n) is 4.20. The van der Waals surface area contributed by atoms with Gasteiger partial charge in [-0.1, -0.05) is 30.4 Å². The molecule has 10 nitrogen and oxygen atoms in total. The number of amides is 3. The zero-order valence-corrected chi connectivity index (χ0v) is 19.0. The molecule has 0 aromatic heterocycles. The standard InChI is InChI=1S/C25H25N3O7/c1-34-17-7-4-15(5-8-17)2-3-16-6-9-19-18(12-16)25(33)28-11-10-20(23(28)24(32)27-19)26-21(29)13-35-14-22(30)31/h2-9,12,20,23H,10-11,13-14H2,1H3,(H,26,29)(H,27,32)(H,30,31)/b3-2+/t20-,23-/m0/s1. The lowest BCUT2D eigenvalue weighted by Gasteiger charge is -2.24. The molecule has 3 amide bonds. The number of hydrogen-bond donors (Lipinski definition) is 3. The Morgan fingerprint density at radius 3 is 2.54 bits per heavy atom. The number of aliphatic carboxylic acids is 1. The summed E-state index contributed by atoms with van der Waals surface area (Å²) in [6, 6.07) is 11.3. The van der Waals surface area contributed by atoms with Crippen LogP contribution in [-0.4, -0.2) is 72.6 Å². The Hall–Kier alpha value is -4.18. The Labute approximate surface area is 201 Å². The molecule has 10 heteroatoms. The monoisotopic (exact) mass is 479 g/mol. The van der Waals surface area contributed by atoms with Crippen LogP contribution in [0.3, 0.4) is 0 Å². The Bertz CT molecular complexity index is 1180. The number of anilines is 1. The van der Waals surface area contributed by atoms with Crippen LogP contribution in [0.1, 0.15) is 27.9 Å². The fourth-order valence-corrected chi connectivity index (χ4v) is 4.20. The first-order valence-electron chi connectivity index (χ1n) is 11.0. The Kier molecular flexibility index (Phi) is 7.11. The molecule has 0 radical (unpaired) electrons. The molecule has 182 valence electrons. The van der Waals surface area contributed by atoms with Crippen LogP contribution < -0.4 is 15.4 Å². The van der Waals surface area contributed by atoms with Gasteiger partial charge in [0.15, 0.2) is 0 Å². The van der Waals surface area contributed by atoms with E-state index in [0.717, 1.165) is 16.9 Å². The van der Waals surface area contributed by atoms with Gasteiger partial charge >= 0.3 is 5.97 Å². The van der Waals surface area contributed by atoms with Crippen LogP contribution in [0.25, 0.3) is 12.2 Å². The molecule has 0 saturated carbocycles. The van der Waals surface area contributed by atoms with Crippen molar-refractivity contribution < 1.29 is 33.8 Å². The van der Waals surface area contributed by atoms with Crippen molar-refractivity contribution in [3.8, 4) is 5.75 Å². The van der Waals surface area contributed by atoms with E-state index in [0.29, 0.717) is 24.2 Å². The number of rotatable bonds is 8. The van der Waals surface area contributed by atoms with Gasteiger partial charge in [-0.05, 0) is 41.8 Å². The van der Waals surface area contributed by atoms with Gasteiger partial charge in [0.1, 0.15) is 25.0 Å². The number of carboxylic acids is 1. The van der Waals surface area contributed by atoms with Gasteiger partial charge in [-0.3, -0.25) is 14.4 Å². The lowest BCUT2D eigenvalue weighted by Crippen LogP contribution is -2.52. The third-order valence-electron chi connectivity index (χ3n) is 5.85. The zero-order chi connectivity index (χ0) is 24.9. The van der Waals surface area contributed by atoms with E-state index >= 15 is 0 Å². The number of carbonyl (C=O) groups excluding carboxylic acids is 3. The van der Waals surface area contributed by atoms with Crippen LogP contribution in [0.4, 0.5) is 5.69 Å². The van der Waals surface area contributed by atoms with E-state index < -0.39 is 43.1 Å². The minimum atomic E-state index is -1.19. The second kappa shape index (κ2) is 10.4. The number of fused-ring (bicyclic) bond motifs is 2. The van der Waals surface area contributed by atoms with Gasteiger partial charge < -0.3 is 30.1 Å². The summed E-state index contributed by atoms with van der Waals surface area (Å²) in [5.74, 6) is -1.67. The minimum Gasteiger partial charge on any atom is -0.497 e. The number of methoxy groups -OCH3 is 1. The van der Waals surface area contributed by atoms with Gasteiger partial charge in [0.2, 0.25) is 11.8 Å². The van der Waals surface area contributed by atoms with Gasteiger partial charge in [0.25, 0.3) is 5.91 Å². The number of nitrogens with one attached hydrogen (secondary N) is 2. The maximum atomic E-state index is 13.3. The first kappa shape index (κ1) is 24.0. The molecule has 0 aliphatic carbocycles. The smallest absolute Gasteiger partial charge is 0.329 e. The van der Waals surface area contributed by atoms with Crippen molar-refractivity contribution in [1.82, 2.24) is 10.2 Å². The molecular weight excluding hydrogens is 454 g/mol. The van der Waals surface area contributed by atoms with E-state index in [-0.39, 0.29) is 5.91 Å². The molecule has 2 aliphatic heterocycles. The number of hydrogen-bond acceptors (Lipinski definition) is 6. The minimum absolute atomic E-state index is 0.295. The highest BCUT2D eigenvalue weighted by atomic mass is 16.5. The van der Waals surface area contributed by atoms with Gasteiger partial charge in [0, 0.05) is 6.54 Å². The van der Waals surface area contributed by atoms with Crippen molar-refractivity contribution >= 4 is 41.5 Å². The van der Waals surface area contributed by atoms with Crippen molar-refractivity contribution in [3.05, 3.63) is 59.2 Å². The molecular formula is C25H25N3O7. The first-order valence-corrected chi connectivity index (χ1v) is 11.0. The van der Waals surface area contributed by atoms with Crippen molar-refractivity contribution in [2.24, 2.45) is 0 Å². The number of nitrogens with zero attached hydrogens (tertiary/aromatic N) is 1. The fraction of sp³-hybridized carbons (Fsp3) is 0.280. The highest BCUT2D eigenvalue weighted by molar-refractivity contribution is 6.11. The van der Waals surface area contributed by atoms with Gasteiger partial charge in [0.05, 0.1) is 24.4 Å². The third-order valence-corrected chi connectivity index (χ3v) is 5.85. The summed E-state index contributed by atoms with van der Waals surface area (Å²) in [7, 11) is 1.61. The summed E-state index contributed by atoms with van der Waals surface area (Å²) < 4.78 is 9.96. The Morgan fingerprint density at radius 1 is 1.11 bits per heavy atom. The van der Waals surface area contributed by atoms with Crippen LogP contribution >= 0.6 is 0 Å².